The summed E-state index contributed by atoms with van der Waals surface area (Å²) in [6, 6.07) is 21.0. The van der Waals surface area contributed by atoms with Crippen LogP contribution in [-0.4, -0.2) is 0 Å². The maximum atomic E-state index is 6.02. The Morgan fingerprint density at radius 3 is 1.50 bits per heavy atom. The smallest absolute Gasteiger partial charge is 0.122 e. The van der Waals surface area contributed by atoms with Crippen molar-refractivity contribution in [2.45, 2.75) is 40.9 Å². The molecule has 3 aromatic carbocycles. The summed E-state index contributed by atoms with van der Waals surface area (Å²) in [7, 11) is 0. The molecule has 0 radical (unpaired) electrons. The second kappa shape index (κ2) is 8.09. The maximum absolute atomic E-state index is 6.02. The minimum Gasteiger partial charge on any atom is -0.489 e. The summed E-state index contributed by atoms with van der Waals surface area (Å²) in [6.45, 7) is 9.42. The fraction of sp³-hybridized carbons (Fsp3) is 0.250. The van der Waals surface area contributed by atoms with Crippen molar-refractivity contribution >= 4 is 0 Å². The quantitative estimate of drug-likeness (QED) is 0.538. The Labute approximate surface area is 156 Å². The van der Waals surface area contributed by atoms with Gasteiger partial charge in [0.15, 0.2) is 0 Å². The number of rotatable bonds is 6. The van der Waals surface area contributed by atoms with E-state index in [1.807, 2.05) is 0 Å². The summed E-state index contributed by atoms with van der Waals surface area (Å²) >= 11 is 0. The fourth-order valence-electron chi connectivity index (χ4n) is 2.86. The van der Waals surface area contributed by atoms with Gasteiger partial charge in [0, 0.05) is 0 Å². The first kappa shape index (κ1) is 18.1. The third-order valence-corrected chi connectivity index (χ3v) is 4.47. The third kappa shape index (κ3) is 4.66. The van der Waals surface area contributed by atoms with Gasteiger partial charge in [0.25, 0.3) is 0 Å². The number of ether oxygens (including phenoxy) is 2. The molecule has 0 spiro atoms. The van der Waals surface area contributed by atoms with Crippen LogP contribution in [0.4, 0.5) is 0 Å². The molecule has 26 heavy (non-hydrogen) atoms. The van der Waals surface area contributed by atoms with Gasteiger partial charge < -0.3 is 9.47 Å². The second-order valence-electron chi connectivity index (χ2n) is 6.94. The van der Waals surface area contributed by atoms with E-state index in [1.54, 1.807) is 0 Å². The molecule has 3 rings (SSSR count). The molecule has 0 aliphatic heterocycles. The molecule has 0 N–H and O–H groups in total. The molecule has 2 nitrogen and oxygen atoms in total. The van der Waals surface area contributed by atoms with Crippen LogP contribution >= 0.6 is 0 Å². The van der Waals surface area contributed by atoms with Crippen molar-refractivity contribution in [2.75, 3.05) is 0 Å². The minimum atomic E-state index is 0.557. The third-order valence-electron chi connectivity index (χ3n) is 4.47. The number of aryl methyl sites for hydroxylation is 4. The molecular weight excluding hydrogens is 320 g/mol. The van der Waals surface area contributed by atoms with Crippen molar-refractivity contribution in [2.24, 2.45) is 0 Å². The van der Waals surface area contributed by atoms with Crippen LogP contribution in [-0.2, 0) is 13.2 Å². The van der Waals surface area contributed by atoms with Crippen molar-refractivity contribution < 1.29 is 9.47 Å². The molecule has 0 saturated heterocycles. The van der Waals surface area contributed by atoms with Gasteiger partial charge in [-0.3, -0.25) is 0 Å². The highest BCUT2D eigenvalue weighted by Crippen LogP contribution is 2.22. The summed E-state index contributed by atoms with van der Waals surface area (Å²) in [6.07, 6.45) is 0. The molecule has 0 unspecified atom stereocenters. The Morgan fingerprint density at radius 1 is 0.577 bits per heavy atom. The zero-order valence-electron chi connectivity index (χ0n) is 16.0. The van der Waals surface area contributed by atoms with Crippen molar-refractivity contribution in [1.82, 2.24) is 0 Å². The van der Waals surface area contributed by atoms with E-state index in [-0.39, 0.29) is 0 Å². The standard InChI is InChI=1S/C24H26O2/c1-17-8-10-19(3)23(12-17)25-15-21-6-5-7-22(14-21)16-26-24-13-18(2)9-11-20(24)4/h5-14H,15-16H2,1-4H3. The normalized spacial score (nSPS) is 10.6. The average molecular weight is 346 g/mol. The van der Waals surface area contributed by atoms with E-state index < -0.39 is 0 Å². The second-order valence-corrected chi connectivity index (χ2v) is 6.94. The lowest BCUT2D eigenvalue weighted by molar-refractivity contribution is 0.297. The van der Waals surface area contributed by atoms with Crippen LogP contribution in [0.3, 0.4) is 0 Å². The molecule has 0 aromatic heterocycles. The molecular formula is C24H26O2. The first-order valence-corrected chi connectivity index (χ1v) is 8.99. The zero-order valence-corrected chi connectivity index (χ0v) is 16.0. The van der Waals surface area contributed by atoms with Crippen LogP contribution in [0.2, 0.25) is 0 Å². The lowest BCUT2D eigenvalue weighted by Crippen LogP contribution is -2.01. The summed E-state index contributed by atoms with van der Waals surface area (Å²) in [4.78, 5) is 0. The van der Waals surface area contributed by atoms with E-state index in [0.717, 1.165) is 33.8 Å². The topological polar surface area (TPSA) is 18.5 Å². The number of hydrogen-bond acceptors (Lipinski definition) is 2. The summed E-state index contributed by atoms with van der Waals surface area (Å²) in [5, 5.41) is 0. The van der Waals surface area contributed by atoms with E-state index in [4.69, 9.17) is 9.47 Å². The molecule has 0 fully saturated rings. The largest absolute Gasteiger partial charge is 0.489 e. The Hall–Kier alpha value is -2.74. The van der Waals surface area contributed by atoms with Gasteiger partial charge in [-0.05, 0) is 79.3 Å². The fourth-order valence-corrected chi connectivity index (χ4v) is 2.86. The van der Waals surface area contributed by atoms with Crippen molar-refractivity contribution in [3.8, 4) is 11.5 Å². The van der Waals surface area contributed by atoms with E-state index in [0.29, 0.717) is 13.2 Å². The first-order chi connectivity index (χ1) is 12.5. The van der Waals surface area contributed by atoms with Gasteiger partial charge in [-0.1, -0.05) is 42.5 Å². The highest BCUT2D eigenvalue weighted by Gasteiger charge is 2.04. The summed E-state index contributed by atoms with van der Waals surface area (Å²) in [5.41, 5.74) is 7.03. The monoisotopic (exact) mass is 346 g/mol. The Kier molecular flexibility index (Phi) is 5.62. The van der Waals surface area contributed by atoms with Gasteiger partial charge in [-0.15, -0.1) is 0 Å². The molecule has 0 aliphatic carbocycles. The molecule has 0 heterocycles. The number of benzene rings is 3. The molecule has 0 bridgehead atoms. The van der Waals surface area contributed by atoms with E-state index in [9.17, 15) is 0 Å². The van der Waals surface area contributed by atoms with Crippen LogP contribution in [0.1, 0.15) is 33.4 Å². The first-order valence-electron chi connectivity index (χ1n) is 8.99. The molecule has 0 amide bonds. The summed E-state index contributed by atoms with van der Waals surface area (Å²) in [5.74, 6) is 1.89. The molecule has 0 atom stereocenters. The van der Waals surface area contributed by atoms with Gasteiger partial charge in [0.05, 0.1) is 0 Å². The van der Waals surface area contributed by atoms with Crippen molar-refractivity contribution in [3.63, 3.8) is 0 Å². The van der Waals surface area contributed by atoms with Gasteiger partial charge >= 0.3 is 0 Å². The van der Waals surface area contributed by atoms with Crippen LogP contribution in [0.15, 0.2) is 60.7 Å². The zero-order chi connectivity index (χ0) is 18.5. The Balaban J connectivity index is 1.64. The van der Waals surface area contributed by atoms with E-state index in [2.05, 4.69) is 88.4 Å². The highest BCUT2D eigenvalue weighted by atomic mass is 16.5. The SMILES string of the molecule is Cc1ccc(C)c(OCc2cccc(COc3cc(C)ccc3C)c2)c1. The molecule has 0 aliphatic rings. The lowest BCUT2D eigenvalue weighted by Gasteiger charge is -2.12. The van der Waals surface area contributed by atoms with Crippen molar-refractivity contribution in [3.05, 3.63) is 94.0 Å². The predicted molar refractivity (Wildman–Crippen MR) is 107 cm³/mol. The van der Waals surface area contributed by atoms with Gasteiger partial charge in [-0.25, -0.2) is 0 Å². The highest BCUT2D eigenvalue weighted by molar-refractivity contribution is 5.37. The van der Waals surface area contributed by atoms with Crippen LogP contribution in [0.5, 0.6) is 11.5 Å². The Morgan fingerprint density at radius 2 is 1.04 bits per heavy atom. The van der Waals surface area contributed by atoms with Gasteiger partial charge in [0.2, 0.25) is 0 Å². The van der Waals surface area contributed by atoms with Crippen LogP contribution in [0, 0.1) is 27.7 Å². The van der Waals surface area contributed by atoms with E-state index >= 15 is 0 Å². The summed E-state index contributed by atoms with van der Waals surface area (Å²) < 4.78 is 12.0. The van der Waals surface area contributed by atoms with Gasteiger partial charge in [0.1, 0.15) is 24.7 Å². The average Bonchev–Trinajstić information content (AvgIpc) is 2.63. The maximum Gasteiger partial charge on any atom is 0.122 e. The van der Waals surface area contributed by atoms with Crippen LogP contribution in [0.25, 0.3) is 0 Å². The van der Waals surface area contributed by atoms with Crippen molar-refractivity contribution in [1.29, 1.82) is 0 Å². The van der Waals surface area contributed by atoms with Gasteiger partial charge in [-0.2, -0.15) is 0 Å². The molecule has 134 valence electrons. The van der Waals surface area contributed by atoms with Crippen LogP contribution < -0.4 is 9.47 Å². The molecule has 3 aromatic rings. The number of hydrogen-bond donors (Lipinski definition) is 0. The Bertz CT molecular complexity index is 826. The van der Waals surface area contributed by atoms with E-state index in [1.165, 1.54) is 11.1 Å². The predicted octanol–water partition coefficient (Wildman–Crippen LogP) is 6.08. The minimum absolute atomic E-state index is 0.557. The molecule has 2 heteroatoms. The lowest BCUT2D eigenvalue weighted by atomic mass is 10.1. The molecule has 0 saturated carbocycles.